The number of sulfonamides is 1. The first-order chi connectivity index (χ1) is 11.7. The molecular formula is C19H24N2O3S. The van der Waals surface area contributed by atoms with Crippen LogP contribution in [0.4, 0.5) is 5.69 Å². The van der Waals surface area contributed by atoms with E-state index in [1.807, 2.05) is 51.1 Å². The van der Waals surface area contributed by atoms with Gasteiger partial charge in [-0.3, -0.25) is 9.10 Å². The first-order valence-electron chi connectivity index (χ1n) is 8.04. The summed E-state index contributed by atoms with van der Waals surface area (Å²) < 4.78 is 25.5. The zero-order valence-corrected chi connectivity index (χ0v) is 15.9. The third kappa shape index (κ3) is 5.06. The molecule has 134 valence electrons. The molecule has 1 amide bonds. The summed E-state index contributed by atoms with van der Waals surface area (Å²) in [5.74, 6) is -0.341. The lowest BCUT2D eigenvalue weighted by Crippen LogP contribution is -2.40. The van der Waals surface area contributed by atoms with Crippen LogP contribution in [0, 0.1) is 20.8 Å². The number of rotatable bonds is 6. The van der Waals surface area contributed by atoms with Crippen LogP contribution >= 0.6 is 0 Å². The van der Waals surface area contributed by atoms with Gasteiger partial charge < -0.3 is 5.32 Å². The van der Waals surface area contributed by atoms with E-state index in [1.54, 1.807) is 12.1 Å². The summed E-state index contributed by atoms with van der Waals surface area (Å²) >= 11 is 0. The Morgan fingerprint density at radius 2 is 1.68 bits per heavy atom. The molecule has 1 N–H and O–H groups in total. The monoisotopic (exact) mass is 360 g/mol. The fourth-order valence-corrected chi connectivity index (χ4v) is 3.39. The van der Waals surface area contributed by atoms with Gasteiger partial charge in [-0.05, 0) is 43.5 Å². The number of anilines is 1. The van der Waals surface area contributed by atoms with E-state index in [4.69, 9.17) is 0 Å². The van der Waals surface area contributed by atoms with Crippen molar-refractivity contribution in [3.8, 4) is 0 Å². The first kappa shape index (κ1) is 19.0. The quantitative estimate of drug-likeness (QED) is 0.861. The van der Waals surface area contributed by atoms with Crippen molar-refractivity contribution in [2.45, 2.75) is 27.3 Å². The first-order valence-corrected chi connectivity index (χ1v) is 9.89. The lowest BCUT2D eigenvalue weighted by Gasteiger charge is -2.24. The zero-order chi connectivity index (χ0) is 18.6. The normalized spacial score (nSPS) is 11.2. The van der Waals surface area contributed by atoms with Crippen LogP contribution in [0.2, 0.25) is 0 Å². The van der Waals surface area contributed by atoms with Crippen molar-refractivity contribution >= 4 is 21.6 Å². The van der Waals surface area contributed by atoms with Crippen LogP contribution < -0.4 is 9.62 Å². The number of amides is 1. The Balaban J connectivity index is 2.13. The van der Waals surface area contributed by atoms with Crippen molar-refractivity contribution in [3.05, 3.63) is 64.7 Å². The van der Waals surface area contributed by atoms with Crippen LogP contribution in [0.15, 0.2) is 42.5 Å². The summed E-state index contributed by atoms with van der Waals surface area (Å²) in [6.45, 7) is 5.89. The Hall–Kier alpha value is -2.34. The summed E-state index contributed by atoms with van der Waals surface area (Å²) in [6.07, 6.45) is 1.11. The molecule has 0 radical (unpaired) electrons. The largest absolute Gasteiger partial charge is 0.350 e. The molecule has 0 fully saturated rings. The number of carbonyl (C=O) groups is 1. The Labute approximate surface area is 149 Å². The summed E-state index contributed by atoms with van der Waals surface area (Å²) in [5, 5.41) is 2.78. The van der Waals surface area contributed by atoms with Gasteiger partial charge in [-0.1, -0.05) is 42.0 Å². The van der Waals surface area contributed by atoms with E-state index in [2.05, 4.69) is 5.32 Å². The average molecular weight is 360 g/mol. The van der Waals surface area contributed by atoms with Gasteiger partial charge in [0, 0.05) is 6.54 Å². The van der Waals surface area contributed by atoms with Gasteiger partial charge in [0.05, 0.1) is 11.9 Å². The second kappa shape index (κ2) is 7.70. The van der Waals surface area contributed by atoms with Gasteiger partial charge in [-0.25, -0.2) is 8.42 Å². The smallest absolute Gasteiger partial charge is 0.241 e. The highest BCUT2D eigenvalue weighted by Crippen LogP contribution is 2.24. The number of nitrogens with one attached hydrogen (secondary N) is 1. The van der Waals surface area contributed by atoms with Gasteiger partial charge in [0.15, 0.2) is 0 Å². The maximum Gasteiger partial charge on any atom is 0.241 e. The molecule has 0 aliphatic rings. The minimum Gasteiger partial charge on any atom is -0.350 e. The molecule has 0 spiro atoms. The van der Waals surface area contributed by atoms with Crippen molar-refractivity contribution in [1.29, 1.82) is 0 Å². The van der Waals surface area contributed by atoms with Gasteiger partial charge in [0.25, 0.3) is 0 Å². The van der Waals surface area contributed by atoms with Crippen LogP contribution in [0.5, 0.6) is 0 Å². The fourth-order valence-electron chi connectivity index (χ4n) is 2.48. The molecule has 0 aromatic heterocycles. The Morgan fingerprint density at radius 1 is 1.04 bits per heavy atom. The van der Waals surface area contributed by atoms with E-state index < -0.39 is 10.0 Å². The summed E-state index contributed by atoms with van der Waals surface area (Å²) in [6, 6.07) is 13.2. The molecule has 2 aromatic carbocycles. The topological polar surface area (TPSA) is 66.5 Å². The molecule has 25 heavy (non-hydrogen) atoms. The molecule has 0 bridgehead atoms. The molecule has 0 aliphatic heterocycles. The molecule has 0 saturated carbocycles. The predicted octanol–water partition coefficient (Wildman–Crippen LogP) is 2.69. The lowest BCUT2D eigenvalue weighted by molar-refractivity contribution is -0.119. The maximum absolute atomic E-state index is 12.3. The third-order valence-corrected chi connectivity index (χ3v) is 5.27. The zero-order valence-electron chi connectivity index (χ0n) is 15.0. The molecule has 0 heterocycles. The highest BCUT2D eigenvalue weighted by molar-refractivity contribution is 7.92. The van der Waals surface area contributed by atoms with E-state index >= 15 is 0 Å². The number of hydrogen-bond acceptors (Lipinski definition) is 3. The van der Waals surface area contributed by atoms with Crippen molar-refractivity contribution in [2.75, 3.05) is 17.1 Å². The van der Waals surface area contributed by atoms with Gasteiger partial charge in [0.2, 0.25) is 15.9 Å². The summed E-state index contributed by atoms with van der Waals surface area (Å²) in [4.78, 5) is 12.3. The standard InChI is InChI=1S/C19H24N2O3S/c1-14-8-10-17(11-9-14)12-20-19(22)13-21(25(4,23)24)18-7-5-6-15(2)16(18)3/h5-11H,12-13H2,1-4H3,(H,20,22). The minimum atomic E-state index is -3.57. The van der Waals surface area contributed by atoms with Crippen LogP contribution in [-0.2, 0) is 21.4 Å². The van der Waals surface area contributed by atoms with E-state index in [1.165, 1.54) is 0 Å². The number of benzene rings is 2. The highest BCUT2D eigenvalue weighted by Gasteiger charge is 2.22. The molecule has 0 atom stereocenters. The number of nitrogens with zero attached hydrogens (tertiary/aromatic N) is 1. The molecule has 0 saturated heterocycles. The van der Waals surface area contributed by atoms with Gasteiger partial charge in [-0.15, -0.1) is 0 Å². The lowest BCUT2D eigenvalue weighted by atomic mass is 10.1. The molecule has 5 nitrogen and oxygen atoms in total. The molecule has 0 unspecified atom stereocenters. The summed E-state index contributed by atoms with van der Waals surface area (Å²) in [5.41, 5.74) is 4.48. The Bertz CT molecular complexity index is 859. The van der Waals surface area contributed by atoms with Crippen molar-refractivity contribution < 1.29 is 13.2 Å². The molecular weight excluding hydrogens is 336 g/mol. The Kier molecular flexibility index (Phi) is 5.85. The minimum absolute atomic E-state index is 0.241. The number of aryl methyl sites for hydroxylation is 2. The number of hydrogen-bond donors (Lipinski definition) is 1. The van der Waals surface area contributed by atoms with Crippen LogP contribution in [0.25, 0.3) is 0 Å². The van der Waals surface area contributed by atoms with Crippen molar-refractivity contribution in [1.82, 2.24) is 5.32 Å². The van der Waals surface area contributed by atoms with Crippen molar-refractivity contribution in [3.63, 3.8) is 0 Å². The van der Waals surface area contributed by atoms with Crippen LogP contribution in [0.3, 0.4) is 0 Å². The third-order valence-electron chi connectivity index (χ3n) is 4.14. The second-order valence-corrected chi connectivity index (χ2v) is 8.16. The van der Waals surface area contributed by atoms with Gasteiger partial charge in [-0.2, -0.15) is 0 Å². The van der Waals surface area contributed by atoms with Crippen LogP contribution in [-0.4, -0.2) is 27.1 Å². The van der Waals surface area contributed by atoms with Crippen molar-refractivity contribution in [2.24, 2.45) is 0 Å². The number of carbonyl (C=O) groups excluding carboxylic acids is 1. The SMILES string of the molecule is Cc1ccc(CNC(=O)CN(c2cccc(C)c2C)S(C)(=O)=O)cc1. The van der Waals surface area contributed by atoms with Crippen LogP contribution in [0.1, 0.15) is 22.3 Å². The van der Waals surface area contributed by atoms with Gasteiger partial charge >= 0.3 is 0 Å². The Morgan fingerprint density at radius 3 is 2.28 bits per heavy atom. The van der Waals surface area contributed by atoms with E-state index in [0.717, 1.165) is 32.8 Å². The summed E-state index contributed by atoms with van der Waals surface area (Å²) in [7, 11) is -3.57. The second-order valence-electron chi connectivity index (χ2n) is 6.25. The molecule has 6 heteroatoms. The highest BCUT2D eigenvalue weighted by atomic mass is 32.2. The van der Waals surface area contributed by atoms with E-state index in [9.17, 15) is 13.2 Å². The van der Waals surface area contributed by atoms with E-state index in [-0.39, 0.29) is 12.5 Å². The van der Waals surface area contributed by atoms with E-state index in [0.29, 0.717) is 12.2 Å². The molecule has 2 rings (SSSR count). The maximum atomic E-state index is 12.3. The predicted molar refractivity (Wildman–Crippen MR) is 101 cm³/mol. The molecule has 2 aromatic rings. The van der Waals surface area contributed by atoms with Gasteiger partial charge in [0.1, 0.15) is 6.54 Å². The average Bonchev–Trinajstić information content (AvgIpc) is 2.54. The fraction of sp³-hybridized carbons (Fsp3) is 0.316. The molecule has 0 aliphatic carbocycles.